The zero-order valence-corrected chi connectivity index (χ0v) is 17.1. The molecule has 2 aromatic heterocycles. The second-order valence-electron chi connectivity index (χ2n) is 6.93. The number of hydrogen-bond donors (Lipinski definition) is 0. The van der Waals surface area contributed by atoms with Crippen molar-refractivity contribution in [3.05, 3.63) is 28.4 Å². The van der Waals surface area contributed by atoms with Crippen LogP contribution in [0.5, 0.6) is 0 Å². The molecule has 9 heteroatoms. The van der Waals surface area contributed by atoms with E-state index in [4.69, 9.17) is 12.2 Å². The van der Waals surface area contributed by atoms with Crippen molar-refractivity contribution >= 4 is 40.4 Å². The van der Waals surface area contributed by atoms with E-state index in [2.05, 4.69) is 25.9 Å². The summed E-state index contributed by atoms with van der Waals surface area (Å²) < 4.78 is 2.59. The first-order valence-electron chi connectivity index (χ1n) is 9.44. The van der Waals surface area contributed by atoms with Gasteiger partial charge in [0.05, 0.1) is 6.67 Å². The lowest BCUT2D eigenvalue weighted by atomic mass is 10.3. The van der Waals surface area contributed by atoms with Crippen LogP contribution in [0.1, 0.15) is 26.2 Å². The number of hydrogen-bond acceptors (Lipinski definition) is 7. The number of amides is 1. The molecule has 2 fully saturated rings. The minimum atomic E-state index is 0.136. The summed E-state index contributed by atoms with van der Waals surface area (Å²) in [7, 11) is 0. The minimum absolute atomic E-state index is 0.136. The molecule has 0 N–H and O–H groups in total. The van der Waals surface area contributed by atoms with Crippen LogP contribution in [0.15, 0.2) is 24.4 Å². The summed E-state index contributed by atoms with van der Waals surface area (Å²) in [4.78, 5) is 23.2. The molecule has 144 valence electrons. The number of pyridine rings is 1. The molecule has 4 rings (SSSR count). The highest BCUT2D eigenvalue weighted by molar-refractivity contribution is 7.73. The van der Waals surface area contributed by atoms with Crippen molar-refractivity contribution < 1.29 is 4.79 Å². The van der Waals surface area contributed by atoms with Crippen molar-refractivity contribution in [2.45, 2.75) is 38.9 Å². The van der Waals surface area contributed by atoms with Gasteiger partial charge in [0.1, 0.15) is 5.82 Å². The maximum absolute atomic E-state index is 12.3. The van der Waals surface area contributed by atoms with Crippen LogP contribution in [0, 0.1) is 3.95 Å². The van der Waals surface area contributed by atoms with Gasteiger partial charge in [-0.05, 0) is 37.2 Å². The molecule has 1 saturated carbocycles. The summed E-state index contributed by atoms with van der Waals surface area (Å²) in [5.74, 6) is 1.17. The molecular formula is C18H24N6OS2. The molecule has 1 amide bonds. The molecule has 7 nitrogen and oxygen atoms in total. The molecule has 0 atom stereocenters. The average molecular weight is 405 g/mol. The van der Waals surface area contributed by atoms with E-state index in [0.29, 0.717) is 19.1 Å². The number of rotatable bonds is 6. The van der Waals surface area contributed by atoms with Crippen LogP contribution in [-0.4, -0.2) is 57.8 Å². The van der Waals surface area contributed by atoms with E-state index in [1.54, 1.807) is 0 Å². The smallest absolute Gasteiger partial charge is 0.228 e. The number of nitrogens with zero attached hydrogens (tertiary/aromatic N) is 6. The largest absolute Gasteiger partial charge is 0.354 e. The van der Waals surface area contributed by atoms with E-state index in [1.807, 2.05) is 34.8 Å². The van der Waals surface area contributed by atoms with Crippen LogP contribution in [-0.2, 0) is 11.5 Å². The van der Waals surface area contributed by atoms with Gasteiger partial charge in [-0.3, -0.25) is 14.6 Å². The molecule has 0 bridgehead atoms. The first kappa shape index (κ1) is 18.5. The normalized spacial score (nSPS) is 17.9. The SMILES string of the molecule is CCC(=O)N(c1nn(CN2CCN(c3ccccn3)CC2)c(=S)s1)C1CC1. The molecule has 0 aromatic carbocycles. The monoisotopic (exact) mass is 404 g/mol. The summed E-state index contributed by atoms with van der Waals surface area (Å²) >= 11 is 6.97. The van der Waals surface area contributed by atoms with Crippen LogP contribution < -0.4 is 9.80 Å². The van der Waals surface area contributed by atoms with Crippen molar-refractivity contribution in [3.63, 3.8) is 0 Å². The molecule has 1 aliphatic heterocycles. The molecule has 27 heavy (non-hydrogen) atoms. The first-order valence-corrected chi connectivity index (χ1v) is 10.7. The summed E-state index contributed by atoms with van der Waals surface area (Å²) in [6.07, 6.45) is 4.46. The quantitative estimate of drug-likeness (QED) is 0.690. The molecule has 0 unspecified atom stereocenters. The van der Waals surface area contributed by atoms with E-state index in [9.17, 15) is 4.79 Å². The molecule has 0 radical (unpaired) electrons. The Labute approximate surface area is 168 Å². The topological polar surface area (TPSA) is 57.5 Å². The molecule has 3 heterocycles. The Morgan fingerprint density at radius 1 is 1.30 bits per heavy atom. The standard InChI is InChI=1S/C18H24N6OS2/c1-2-16(25)24(14-6-7-14)17-20-23(18(26)27-17)13-21-9-11-22(12-10-21)15-5-3-4-8-19-15/h3-5,8,14H,2,6-7,9-13H2,1H3. The number of carbonyl (C=O) groups excluding carboxylic acids is 1. The van der Waals surface area contributed by atoms with E-state index in [1.165, 1.54) is 11.3 Å². The van der Waals surface area contributed by atoms with E-state index < -0.39 is 0 Å². The van der Waals surface area contributed by atoms with Gasteiger partial charge in [0, 0.05) is 44.8 Å². The lowest BCUT2D eigenvalue weighted by Gasteiger charge is -2.35. The minimum Gasteiger partial charge on any atom is -0.354 e. The molecule has 2 aliphatic rings. The molecule has 2 aromatic rings. The van der Waals surface area contributed by atoms with Crippen molar-refractivity contribution in [2.75, 3.05) is 36.0 Å². The van der Waals surface area contributed by atoms with E-state index in [-0.39, 0.29) is 5.91 Å². The third-order valence-electron chi connectivity index (χ3n) is 4.96. The fraction of sp³-hybridized carbons (Fsp3) is 0.556. The van der Waals surface area contributed by atoms with Crippen LogP contribution in [0.4, 0.5) is 10.9 Å². The summed E-state index contributed by atoms with van der Waals surface area (Å²) in [5, 5.41) is 5.43. The molecule has 1 saturated heterocycles. The van der Waals surface area contributed by atoms with Gasteiger partial charge in [0.25, 0.3) is 0 Å². The van der Waals surface area contributed by atoms with Gasteiger partial charge in [-0.15, -0.1) is 5.10 Å². The van der Waals surface area contributed by atoms with Crippen molar-refractivity contribution in [1.82, 2.24) is 19.7 Å². The Morgan fingerprint density at radius 2 is 2.07 bits per heavy atom. The Morgan fingerprint density at radius 3 is 2.70 bits per heavy atom. The second kappa shape index (κ2) is 8.04. The van der Waals surface area contributed by atoms with Gasteiger partial charge < -0.3 is 4.90 Å². The van der Waals surface area contributed by atoms with Gasteiger partial charge >= 0.3 is 0 Å². The molecule has 1 aliphatic carbocycles. The van der Waals surface area contributed by atoms with Gasteiger partial charge in [-0.1, -0.05) is 24.3 Å². The Hall–Kier alpha value is -1.84. The zero-order chi connectivity index (χ0) is 18.8. The highest BCUT2D eigenvalue weighted by atomic mass is 32.1. The summed E-state index contributed by atoms with van der Waals surface area (Å²) in [5.41, 5.74) is 0. The summed E-state index contributed by atoms with van der Waals surface area (Å²) in [6.45, 7) is 6.31. The highest BCUT2D eigenvalue weighted by Crippen LogP contribution is 2.33. The third-order valence-corrected chi connectivity index (χ3v) is 6.27. The lowest BCUT2D eigenvalue weighted by Crippen LogP contribution is -2.47. The maximum atomic E-state index is 12.3. The number of carbonyl (C=O) groups is 1. The second-order valence-corrected chi connectivity index (χ2v) is 8.53. The third kappa shape index (κ3) is 4.20. The average Bonchev–Trinajstić information content (AvgIpc) is 3.47. The van der Waals surface area contributed by atoms with Crippen LogP contribution in [0.25, 0.3) is 0 Å². The zero-order valence-electron chi connectivity index (χ0n) is 15.5. The maximum Gasteiger partial charge on any atom is 0.228 e. The molecular weight excluding hydrogens is 380 g/mol. The van der Waals surface area contributed by atoms with Crippen LogP contribution >= 0.6 is 23.6 Å². The van der Waals surface area contributed by atoms with Crippen LogP contribution in [0.2, 0.25) is 0 Å². The highest BCUT2D eigenvalue weighted by Gasteiger charge is 2.35. The van der Waals surface area contributed by atoms with Gasteiger partial charge in [0.2, 0.25) is 11.0 Å². The fourth-order valence-corrected chi connectivity index (χ4v) is 4.47. The number of piperazine rings is 1. The summed E-state index contributed by atoms with van der Waals surface area (Å²) in [6, 6.07) is 6.33. The van der Waals surface area contributed by atoms with Crippen molar-refractivity contribution in [1.29, 1.82) is 0 Å². The fourth-order valence-electron chi connectivity index (χ4n) is 3.30. The Balaban J connectivity index is 1.40. The van der Waals surface area contributed by atoms with Crippen molar-refractivity contribution in [3.8, 4) is 0 Å². The van der Waals surface area contributed by atoms with Crippen LogP contribution in [0.3, 0.4) is 0 Å². The Kier molecular flexibility index (Phi) is 5.51. The number of anilines is 2. The van der Waals surface area contributed by atoms with Gasteiger partial charge in [0.15, 0.2) is 3.95 Å². The predicted octanol–water partition coefficient (Wildman–Crippen LogP) is 2.75. The van der Waals surface area contributed by atoms with Crippen molar-refractivity contribution in [2.24, 2.45) is 0 Å². The Bertz CT molecular complexity index is 839. The predicted molar refractivity (Wildman–Crippen MR) is 110 cm³/mol. The lowest BCUT2D eigenvalue weighted by molar-refractivity contribution is -0.118. The van der Waals surface area contributed by atoms with E-state index >= 15 is 0 Å². The van der Waals surface area contributed by atoms with E-state index in [0.717, 1.165) is 53.9 Å². The molecule has 0 spiro atoms. The first-order chi connectivity index (χ1) is 13.2. The van der Waals surface area contributed by atoms with Gasteiger partial charge in [-0.25, -0.2) is 9.67 Å². The van der Waals surface area contributed by atoms with Gasteiger partial charge in [-0.2, -0.15) is 0 Å². The number of aromatic nitrogens is 3.